The summed E-state index contributed by atoms with van der Waals surface area (Å²) in [5, 5.41) is 9.23. The summed E-state index contributed by atoms with van der Waals surface area (Å²) < 4.78 is 15.3. The summed E-state index contributed by atoms with van der Waals surface area (Å²) >= 11 is 1.30. The Balaban J connectivity index is 1.53. The Morgan fingerprint density at radius 3 is 2.56 bits per heavy atom. The molecule has 2 aromatic carbocycles. The fraction of sp³-hybridized carbons (Fsp3) is 0.304. The molecule has 0 bridgehead atoms. The van der Waals surface area contributed by atoms with Gasteiger partial charge in [0.2, 0.25) is 11.8 Å². The van der Waals surface area contributed by atoms with E-state index >= 15 is 0 Å². The van der Waals surface area contributed by atoms with Crippen LogP contribution >= 0.6 is 11.8 Å². The van der Waals surface area contributed by atoms with Gasteiger partial charge < -0.3 is 10.6 Å². The van der Waals surface area contributed by atoms with E-state index in [1.54, 1.807) is 17.0 Å². The van der Waals surface area contributed by atoms with Gasteiger partial charge in [-0.2, -0.15) is 0 Å². The van der Waals surface area contributed by atoms with Crippen LogP contribution in [0, 0.1) is 11.7 Å². The number of primary amides is 1. The predicted molar refractivity (Wildman–Crippen MR) is 120 cm³/mol. The number of piperidine rings is 1. The number of aromatic nitrogens is 3. The SMILES string of the molecule is NC(=O)C1CCCN(C(=O)CSc2nnc(-c3ccc(F)cc3)n2Cc2ccccc2)C1. The van der Waals surface area contributed by atoms with Crippen LogP contribution in [-0.4, -0.2) is 50.3 Å². The number of likely N-dealkylation sites (tertiary alicyclic amines) is 1. The maximum Gasteiger partial charge on any atom is 0.233 e. The van der Waals surface area contributed by atoms with Gasteiger partial charge in [-0.1, -0.05) is 42.1 Å². The molecule has 4 rings (SSSR count). The minimum absolute atomic E-state index is 0.0569. The van der Waals surface area contributed by atoms with Crippen LogP contribution in [0.4, 0.5) is 4.39 Å². The Kier molecular flexibility index (Phi) is 6.84. The third-order valence-electron chi connectivity index (χ3n) is 5.50. The number of benzene rings is 2. The van der Waals surface area contributed by atoms with Crippen molar-refractivity contribution in [3.05, 3.63) is 66.0 Å². The van der Waals surface area contributed by atoms with Crippen molar-refractivity contribution in [3.8, 4) is 11.4 Å². The van der Waals surface area contributed by atoms with Crippen LogP contribution in [-0.2, 0) is 16.1 Å². The molecule has 0 spiro atoms. The van der Waals surface area contributed by atoms with Crippen molar-refractivity contribution in [2.45, 2.75) is 24.5 Å². The van der Waals surface area contributed by atoms with Crippen molar-refractivity contribution in [2.24, 2.45) is 11.7 Å². The zero-order valence-electron chi connectivity index (χ0n) is 17.5. The summed E-state index contributed by atoms with van der Waals surface area (Å²) in [7, 11) is 0. The summed E-state index contributed by atoms with van der Waals surface area (Å²) in [5.74, 6) is -0.235. The summed E-state index contributed by atoms with van der Waals surface area (Å²) in [4.78, 5) is 26.0. The Hall–Kier alpha value is -3.20. The van der Waals surface area contributed by atoms with Crippen LogP contribution in [0.2, 0.25) is 0 Å². The third kappa shape index (κ3) is 5.16. The number of nitrogens with zero attached hydrogens (tertiary/aromatic N) is 4. The zero-order valence-corrected chi connectivity index (χ0v) is 18.3. The van der Waals surface area contributed by atoms with Crippen molar-refractivity contribution < 1.29 is 14.0 Å². The first-order valence-corrected chi connectivity index (χ1v) is 11.4. The summed E-state index contributed by atoms with van der Waals surface area (Å²) in [6.45, 7) is 1.51. The van der Waals surface area contributed by atoms with Gasteiger partial charge in [0.15, 0.2) is 11.0 Å². The van der Waals surface area contributed by atoms with Gasteiger partial charge in [0.05, 0.1) is 18.2 Å². The molecule has 0 saturated carbocycles. The number of nitrogens with two attached hydrogens (primary N) is 1. The van der Waals surface area contributed by atoms with Crippen molar-refractivity contribution in [2.75, 3.05) is 18.8 Å². The fourth-order valence-corrected chi connectivity index (χ4v) is 4.61. The number of carbonyl (C=O) groups is 2. The number of thioether (sulfide) groups is 1. The molecule has 32 heavy (non-hydrogen) atoms. The molecule has 0 radical (unpaired) electrons. The molecule has 1 saturated heterocycles. The molecule has 1 aromatic heterocycles. The van der Waals surface area contributed by atoms with E-state index in [0.717, 1.165) is 24.0 Å². The molecule has 2 N–H and O–H groups in total. The van der Waals surface area contributed by atoms with Crippen LogP contribution in [0.5, 0.6) is 0 Å². The van der Waals surface area contributed by atoms with E-state index in [9.17, 15) is 14.0 Å². The molecular formula is C23H24FN5O2S. The summed E-state index contributed by atoms with van der Waals surface area (Å²) in [6, 6.07) is 16.0. The lowest BCUT2D eigenvalue weighted by atomic mass is 9.97. The van der Waals surface area contributed by atoms with E-state index in [4.69, 9.17) is 5.73 Å². The van der Waals surface area contributed by atoms with Crippen molar-refractivity contribution >= 4 is 23.6 Å². The number of carbonyl (C=O) groups excluding carboxylic acids is 2. The summed E-state index contributed by atoms with van der Waals surface area (Å²) in [6.07, 6.45) is 1.49. The average molecular weight is 454 g/mol. The van der Waals surface area contributed by atoms with Gasteiger partial charge >= 0.3 is 0 Å². The van der Waals surface area contributed by atoms with E-state index in [1.165, 1.54) is 23.9 Å². The first-order chi connectivity index (χ1) is 15.5. The molecule has 1 fully saturated rings. The van der Waals surface area contributed by atoms with Crippen LogP contribution < -0.4 is 5.73 Å². The van der Waals surface area contributed by atoms with Gasteiger partial charge in [-0.25, -0.2) is 4.39 Å². The second kappa shape index (κ2) is 9.95. The predicted octanol–water partition coefficient (Wildman–Crippen LogP) is 2.95. The topological polar surface area (TPSA) is 94.1 Å². The smallest absolute Gasteiger partial charge is 0.233 e. The normalized spacial score (nSPS) is 16.2. The molecule has 2 heterocycles. The molecule has 0 aliphatic carbocycles. The van der Waals surface area contributed by atoms with E-state index in [0.29, 0.717) is 30.6 Å². The van der Waals surface area contributed by atoms with Gasteiger partial charge in [-0.3, -0.25) is 14.2 Å². The van der Waals surface area contributed by atoms with E-state index in [1.807, 2.05) is 34.9 Å². The van der Waals surface area contributed by atoms with Crippen LogP contribution in [0.1, 0.15) is 18.4 Å². The number of rotatable bonds is 7. The first kappa shape index (κ1) is 22.0. The summed E-state index contributed by atoms with van der Waals surface area (Å²) in [5.41, 5.74) is 7.23. The van der Waals surface area contributed by atoms with Gasteiger partial charge in [-0.05, 0) is 42.7 Å². The van der Waals surface area contributed by atoms with Gasteiger partial charge in [-0.15, -0.1) is 10.2 Å². The molecule has 1 atom stereocenters. The highest BCUT2D eigenvalue weighted by molar-refractivity contribution is 7.99. The van der Waals surface area contributed by atoms with E-state index in [-0.39, 0.29) is 29.3 Å². The highest BCUT2D eigenvalue weighted by Crippen LogP contribution is 2.26. The zero-order chi connectivity index (χ0) is 22.5. The van der Waals surface area contributed by atoms with Gasteiger partial charge in [0.1, 0.15) is 5.82 Å². The van der Waals surface area contributed by atoms with Crippen molar-refractivity contribution in [1.82, 2.24) is 19.7 Å². The minimum atomic E-state index is -0.360. The lowest BCUT2D eigenvalue weighted by Gasteiger charge is -2.31. The number of halogens is 1. The average Bonchev–Trinajstić information content (AvgIpc) is 3.21. The van der Waals surface area contributed by atoms with Crippen molar-refractivity contribution in [1.29, 1.82) is 0 Å². The quantitative estimate of drug-likeness (QED) is 0.555. The molecule has 1 aliphatic rings. The maximum atomic E-state index is 13.4. The third-order valence-corrected chi connectivity index (χ3v) is 6.46. The van der Waals surface area contributed by atoms with E-state index in [2.05, 4.69) is 10.2 Å². The first-order valence-electron chi connectivity index (χ1n) is 10.4. The standard InChI is InChI=1S/C23H24FN5O2S/c24-19-10-8-17(9-11-19)22-26-27-23(29(22)13-16-5-2-1-3-6-16)32-15-20(30)28-12-4-7-18(14-28)21(25)31/h1-3,5-6,8-11,18H,4,7,12-15H2,(H2,25,31). The second-order valence-corrected chi connectivity index (χ2v) is 8.70. The molecular weight excluding hydrogens is 429 g/mol. The largest absolute Gasteiger partial charge is 0.369 e. The molecule has 3 aromatic rings. The molecule has 7 nitrogen and oxygen atoms in total. The van der Waals surface area contributed by atoms with Crippen LogP contribution in [0.15, 0.2) is 59.8 Å². The molecule has 1 unspecified atom stereocenters. The highest BCUT2D eigenvalue weighted by Gasteiger charge is 2.27. The van der Waals surface area contributed by atoms with Crippen molar-refractivity contribution in [3.63, 3.8) is 0 Å². The number of hydrogen-bond donors (Lipinski definition) is 1. The van der Waals surface area contributed by atoms with E-state index < -0.39 is 0 Å². The molecule has 1 aliphatic heterocycles. The Morgan fingerprint density at radius 2 is 1.84 bits per heavy atom. The molecule has 9 heteroatoms. The second-order valence-electron chi connectivity index (χ2n) is 7.75. The van der Waals surface area contributed by atoms with Crippen LogP contribution in [0.25, 0.3) is 11.4 Å². The Bertz CT molecular complexity index is 1090. The van der Waals surface area contributed by atoms with Gasteiger partial charge in [0, 0.05) is 18.7 Å². The Labute approximate surface area is 189 Å². The lowest BCUT2D eigenvalue weighted by molar-refractivity contribution is -0.132. The van der Waals surface area contributed by atoms with Crippen LogP contribution in [0.3, 0.4) is 0 Å². The maximum absolute atomic E-state index is 13.4. The lowest BCUT2D eigenvalue weighted by Crippen LogP contribution is -2.44. The Morgan fingerprint density at radius 1 is 1.09 bits per heavy atom. The highest BCUT2D eigenvalue weighted by atomic mass is 32.2. The fourth-order valence-electron chi connectivity index (χ4n) is 3.77. The minimum Gasteiger partial charge on any atom is -0.369 e. The monoisotopic (exact) mass is 453 g/mol. The van der Waals surface area contributed by atoms with Gasteiger partial charge in [0.25, 0.3) is 0 Å². The number of hydrogen-bond acceptors (Lipinski definition) is 5. The number of amides is 2. The molecule has 2 amide bonds. The molecule has 166 valence electrons.